The van der Waals surface area contributed by atoms with E-state index in [1.165, 1.54) is 11.3 Å². The van der Waals surface area contributed by atoms with Gasteiger partial charge in [0.1, 0.15) is 0 Å². The molecule has 0 saturated heterocycles. The number of ketones is 2. The standard InChI is InChI=1S/C14H13NO2S/c1-9-14(18-10(2)15-9)13(17)8-12(16)11-6-4-3-5-7-11/h3-7H,8H2,1-2H3. The molecule has 1 aromatic heterocycles. The van der Waals surface area contributed by atoms with E-state index in [2.05, 4.69) is 4.98 Å². The van der Waals surface area contributed by atoms with Crippen molar-refractivity contribution in [1.29, 1.82) is 0 Å². The van der Waals surface area contributed by atoms with Crippen molar-refractivity contribution in [3.05, 3.63) is 51.5 Å². The smallest absolute Gasteiger partial charge is 0.182 e. The topological polar surface area (TPSA) is 47.0 Å². The molecule has 2 rings (SSSR count). The zero-order valence-electron chi connectivity index (χ0n) is 10.3. The molecule has 0 spiro atoms. The number of aryl methyl sites for hydroxylation is 2. The first-order valence-electron chi connectivity index (χ1n) is 5.63. The van der Waals surface area contributed by atoms with Crippen molar-refractivity contribution >= 4 is 22.9 Å². The van der Waals surface area contributed by atoms with Gasteiger partial charge in [0, 0.05) is 5.56 Å². The maximum Gasteiger partial charge on any atom is 0.182 e. The third kappa shape index (κ3) is 2.71. The lowest BCUT2D eigenvalue weighted by Crippen LogP contribution is -2.08. The molecule has 3 nitrogen and oxygen atoms in total. The Morgan fingerprint density at radius 1 is 1.11 bits per heavy atom. The van der Waals surface area contributed by atoms with Crippen LogP contribution in [0.1, 0.15) is 37.2 Å². The minimum atomic E-state index is -0.147. The van der Waals surface area contributed by atoms with Crippen LogP contribution in [-0.2, 0) is 0 Å². The highest BCUT2D eigenvalue weighted by molar-refractivity contribution is 7.13. The number of Topliss-reactive ketones (excluding diaryl/α,β-unsaturated/α-hetero) is 2. The van der Waals surface area contributed by atoms with Gasteiger partial charge in [-0.3, -0.25) is 9.59 Å². The molecule has 1 heterocycles. The van der Waals surface area contributed by atoms with E-state index in [1.54, 1.807) is 31.2 Å². The molecule has 0 bridgehead atoms. The lowest BCUT2D eigenvalue weighted by atomic mass is 10.1. The van der Waals surface area contributed by atoms with Gasteiger partial charge in [0.2, 0.25) is 0 Å². The summed E-state index contributed by atoms with van der Waals surface area (Å²) in [5, 5.41) is 0.850. The largest absolute Gasteiger partial charge is 0.294 e. The quantitative estimate of drug-likeness (QED) is 0.625. The number of benzene rings is 1. The van der Waals surface area contributed by atoms with Crippen LogP contribution in [0.3, 0.4) is 0 Å². The van der Waals surface area contributed by atoms with E-state index in [1.807, 2.05) is 13.0 Å². The summed E-state index contributed by atoms with van der Waals surface area (Å²) in [5.41, 5.74) is 1.29. The van der Waals surface area contributed by atoms with Gasteiger partial charge in [-0.15, -0.1) is 11.3 Å². The van der Waals surface area contributed by atoms with E-state index in [-0.39, 0.29) is 18.0 Å². The minimum absolute atomic E-state index is 0.0908. The fraction of sp³-hybridized carbons (Fsp3) is 0.214. The average molecular weight is 259 g/mol. The molecule has 0 saturated carbocycles. The van der Waals surface area contributed by atoms with Gasteiger partial charge in [0.25, 0.3) is 0 Å². The third-order valence-corrected chi connectivity index (χ3v) is 3.69. The second-order valence-electron chi connectivity index (χ2n) is 4.04. The average Bonchev–Trinajstić information content (AvgIpc) is 2.69. The van der Waals surface area contributed by atoms with E-state index in [0.29, 0.717) is 16.1 Å². The molecule has 92 valence electrons. The molecular weight excluding hydrogens is 246 g/mol. The first-order chi connectivity index (χ1) is 8.58. The van der Waals surface area contributed by atoms with Gasteiger partial charge in [-0.2, -0.15) is 0 Å². The monoisotopic (exact) mass is 259 g/mol. The third-order valence-electron chi connectivity index (χ3n) is 2.57. The summed E-state index contributed by atoms with van der Waals surface area (Å²) < 4.78 is 0. The van der Waals surface area contributed by atoms with Crippen molar-refractivity contribution in [2.45, 2.75) is 20.3 Å². The molecule has 1 aromatic carbocycles. The molecule has 0 amide bonds. The number of carbonyl (C=O) groups is 2. The van der Waals surface area contributed by atoms with E-state index >= 15 is 0 Å². The number of carbonyl (C=O) groups excluding carboxylic acids is 2. The zero-order valence-corrected chi connectivity index (χ0v) is 11.1. The summed E-state index contributed by atoms with van der Waals surface area (Å²) in [6.45, 7) is 3.65. The number of rotatable bonds is 4. The van der Waals surface area contributed by atoms with Crippen LogP contribution < -0.4 is 0 Å². The van der Waals surface area contributed by atoms with Crippen molar-refractivity contribution < 1.29 is 9.59 Å². The SMILES string of the molecule is Cc1nc(C)c(C(=O)CC(=O)c2ccccc2)s1. The Kier molecular flexibility index (Phi) is 3.67. The second-order valence-corrected chi connectivity index (χ2v) is 5.24. The van der Waals surface area contributed by atoms with Crippen molar-refractivity contribution in [2.24, 2.45) is 0 Å². The normalized spacial score (nSPS) is 10.3. The van der Waals surface area contributed by atoms with Gasteiger partial charge in [0.15, 0.2) is 11.6 Å². The predicted molar refractivity (Wildman–Crippen MR) is 71.3 cm³/mol. The van der Waals surface area contributed by atoms with E-state index < -0.39 is 0 Å². The van der Waals surface area contributed by atoms with Crippen molar-refractivity contribution in [3.8, 4) is 0 Å². The Morgan fingerprint density at radius 3 is 2.33 bits per heavy atom. The van der Waals surface area contributed by atoms with Gasteiger partial charge >= 0.3 is 0 Å². The summed E-state index contributed by atoms with van der Waals surface area (Å²) in [7, 11) is 0. The molecule has 0 aliphatic rings. The van der Waals surface area contributed by atoms with Crippen LogP contribution in [-0.4, -0.2) is 16.6 Å². The van der Waals surface area contributed by atoms with Gasteiger partial charge in [-0.25, -0.2) is 4.98 Å². The van der Waals surface area contributed by atoms with Crippen molar-refractivity contribution in [3.63, 3.8) is 0 Å². The minimum Gasteiger partial charge on any atom is -0.294 e. The molecule has 4 heteroatoms. The Hall–Kier alpha value is -1.81. The Bertz CT molecular complexity index is 587. The highest BCUT2D eigenvalue weighted by atomic mass is 32.1. The molecule has 2 aromatic rings. The fourth-order valence-electron chi connectivity index (χ4n) is 1.74. The zero-order chi connectivity index (χ0) is 13.1. The van der Waals surface area contributed by atoms with E-state index in [9.17, 15) is 9.59 Å². The number of aromatic nitrogens is 1. The number of hydrogen-bond acceptors (Lipinski definition) is 4. The second kappa shape index (κ2) is 5.23. The molecule has 0 radical (unpaired) electrons. The maximum atomic E-state index is 12.0. The van der Waals surface area contributed by atoms with Crippen LogP contribution in [0.25, 0.3) is 0 Å². The summed E-state index contributed by atoms with van der Waals surface area (Å²) in [4.78, 5) is 28.7. The van der Waals surface area contributed by atoms with Crippen LogP contribution >= 0.6 is 11.3 Å². The highest BCUT2D eigenvalue weighted by Gasteiger charge is 2.17. The van der Waals surface area contributed by atoms with Crippen LogP contribution in [0.15, 0.2) is 30.3 Å². The Labute approximate surface area is 109 Å². The Balaban J connectivity index is 2.13. The molecule has 18 heavy (non-hydrogen) atoms. The molecule has 0 aliphatic heterocycles. The van der Waals surface area contributed by atoms with Gasteiger partial charge in [-0.05, 0) is 13.8 Å². The van der Waals surface area contributed by atoms with Crippen LogP contribution in [0.2, 0.25) is 0 Å². The summed E-state index contributed by atoms with van der Waals surface area (Å²) in [5.74, 6) is -0.294. The molecule has 0 aliphatic carbocycles. The Morgan fingerprint density at radius 2 is 1.78 bits per heavy atom. The fourth-order valence-corrected chi connectivity index (χ4v) is 2.60. The van der Waals surface area contributed by atoms with E-state index in [0.717, 1.165) is 5.01 Å². The number of nitrogens with zero attached hydrogens (tertiary/aromatic N) is 1. The molecular formula is C14H13NO2S. The van der Waals surface area contributed by atoms with Gasteiger partial charge in [-0.1, -0.05) is 30.3 Å². The highest BCUT2D eigenvalue weighted by Crippen LogP contribution is 2.19. The number of hydrogen-bond donors (Lipinski definition) is 0. The van der Waals surface area contributed by atoms with Gasteiger partial charge < -0.3 is 0 Å². The van der Waals surface area contributed by atoms with Crippen LogP contribution in [0.4, 0.5) is 0 Å². The van der Waals surface area contributed by atoms with Crippen LogP contribution in [0, 0.1) is 13.8 Å². The van der Waals surface area contributed by atoms with Crippen molar-refractivity contribution in [1.82, 2.24) is 4.98 Å². The maximum absolute atomic E-state index is 12.0. The lowest BCUT2D eigenvalue weighted by Gasteiger charge is -1.99. The summed E-state index contributed by atoms with van der Waals surface area (Å²) >= 11 is 1.35. The number of thiazole rings is 1. The first-order valence-corrected chi connectivity index (χ1v) is 6.45. The predicted octanol–water partition coefficient (Wildman–Crippen LogP) is 3.22. The van der Waals surface area contributed by atoms with Crippen molar-refractivity contribution in [2.75, 3.05) is 0 Å². The summed E-state index contributed by atoms with van der Waals surface area (Å²) in [6, 6.07) is 8.87. The molecule has 0 unspecified atom stereocenters. The van der Waals surface area contributed by atoms with Crippen LogP contribution in [0.5, 0.6) is 0 Å². The first kappa shape index (κ1) is 12.6. The molecule has 0 atom stereocenters. The van der Waals surface area contributed by atoms with E-state index in [4.69, 9.17) is 0 Å². The van der Waals surface area contributed by atoms with Gasteiger partial charge in [0.05, 0.1) is 22.0 Å². The molecule has 0 N–H and O–H groups in total. The lowest BCUT2D eigenvalue weighted by molar-refractivity contribution is 0.0896. The molecule has 0 fully saturated rings. The summed E-state index contributed by atoms with van der Waals surface area (Å²) in [6.07, 6.45) is -0.0908.